The molecule has 18 heavy (non-hydrogen) atoms. The van der Waals surface area contributed by atoms with Gasteiger partial charge in [0, 0.05) is 12.6 Å². The third-order valence-electron chi connectivity index (χ3n) is 4.80. The molecule has 0 radical (unpaired) electrons. The lowest BCUT2D eigenvalue weighted by molar-refractivity contribution is -0.141. The number of carbonyl (C=O) groups is 1. The fourth-order valence-corrected chi connectivity index (χ4v) is 3.53. The van der Waals surface area contributed by atoms with E-state index in [2.05, 4.69) is 37.9 Å². The van der Waals surface area contributed by atoms with Gasteiger partial charge in [0.15, 0.2) is 0 Å². The maximum atomic E-state index is 12.7. The molecule has 0 aromatic carbocycles. The lowest BCUT2D eigenvalue weighted by atomic mass is 9.76. The first-order chi connectivity index (χ1) is 8.42. The molecule has 2 fully saturated rings. The van der Waals surface area contributed by atoms with Crippen molar-refractivity contribution in [3.05, 3.63) is 0 Å². The summed E-state index contributed by atoms with van der Waals surface area (Å²) in [5, 5.41) is 3.45. The van der Waals surface area contributed by atoms with Crippen LogP contribution in [0, 0.1) is 11.3 Å². The van der Waals surface area contributed by atoms with Crippen LogP contribution in [0.2, 0.25) is 0 Å². The van der Waals surface area contributed by atoms with Gasteiger partial charge in [0.1, 0.15) is 0 Å². The highest BCUT2D eigenvalue weighted by atomic mass is 16.2. The summed E-state index contributed by atoms with van der Waals surface area (Å²) >= 11 is 0. The van der Waals surface area contributed by atoms with Gasteiger partial charge in [-0.2, -0.15) is 0 Å². The monoisotopic (exact) mass is 252 g/mol. The van der Waals surface area contributed by atoms with Gasteiger partial charge < -0.3 is 10.2 Å². The quantitative estimate of drug-likeness (QED) is 0.777. The van der Waals surface area contributed by atoms with Crippen molar-refractivity contribution in [3.8, 4) is 0 Å². The molecular weight excluding hydrogens is 224 g/mol. The Labute approximate surface area is 111 Å². The third kappa shape index (κ3) is 2.71. The minimum atomic E-state index is 0.0158. The van der Waals surface area contributed by atoms with E-state index in [1.807, 2.05) is 0 Å². The van der Waals surface area contributed by atoms with Gasteiger partial charge in [-0.3, -0.25) is 4.79 Å². The second-order valence-corrected chi connectivity index (χ2v) is 6.99. The topological polar surface area (TPSA) is 32.3 Å². The Morgan fingerprint density at radius 2 is 2.06 bits per heavy atom. The molecule has 0 aromatic heterocycles. The summed E-state index contributed by atoms with van der Waals surface area (Å²) < 4.78 is 0. The van der Waals surface area contributed by atoms with Crippen LogP contribution in [0.15, 0.2) is 0 Å². The van der Waals surface area contributed by atoms with Crippen LogP contribution in [-0.4, -0.2) is 36.0 Å². The predicted molar refractivity (Wildman–Crippen MR) is 74.4 cm³/mol. The molecule has 1 amide bonds. The van der Waals surface area contributed by atoms with E-state index in [0.29, 0.717) is 11.9 Å². The van der Waals surface area contributed by atoms with Crippen molar-refractivity contribution in [3.63, 3.8) is 0 Å². The predicted octanol–water partition coefficient (Wildman–Crippen LogP) is 2.41. The molecule has 2 aliphatic heterocycles. The van der Waals surface area contributed by atoms with Crippen LogP contribution in [0.25, 0.3) is 0 Å². The Balaban J connectivity index is 2.06. The first-order valence-corrected chi connectivity index (χ1v) is 7.45. The SMILES string of the molecule is CC1CCN(C(=O)C2NCCCC2(C)C)C(C)C1. The number of hydrogen-bond donors (Lipinski definition) is 1. The number of hydrogen-bond acceptors (Lipinski definition) is 2. The molecule has 104 valence electrons. The number of piperidine rings is 2. The van der Waals surface area contributed by atoms with Crippen molar-refractivity contribution in [1.29, 1.82) is 0 Å². The van der Waals surface area contributed by atoms with Crippen LogP contribution in [-0.2, 0) is 4.79 Å². The van der Waals surface area contributed by atoms with Crippen molar-refractivity contribution < 1.29 is 4.79 Å². The molecule has 0 aromatic rings. The Bertz CT molecular complexity index is 314. The van der Waals surface area contributed by atoms with Gasteiger partial charge in [0.05, 0.1) is 6.04 Å². The molecular formula is C15H28N2O. The molecule has 3 unspecified atom stereocenters. The van der Waals surface area contributed by atoms with Gasteiger partial charge >= 0.3 is 0 Å². The van der Waals surface area contributed by atoms with Crippen LogP contribution in [0.5, 0.6) is 0 Å². The van der Waals surface area contributed by atoms with E-state index in [0.717, 1.165) is 38.3 Å². The van der Waals surface area contributed by atoms with Crippen LogP contribution < -0.4 is 5.32 Å². The van der Waals surface area contributed by atoms with Gasteiger partial charge in [-0.05, 0) is 50.5 Å². The van der Waals surface area contributed by atoms with Crippen molar-refractivity contribution >= 4 is 5.91 Å². The molecule has 2 rings (SSSR count). The van der Waals surface area contributed by atoms with Crippen LogP contribution in [0.3, 0.4) is 0 Å². The average Bonchev–Trinajstić information content (AvgIpc) is 2.27. The summed E-state index contributed by atoms with van der Waals surface area (Å²) in [5.41, 5.74) is 0.0954. The van der Waals surface area contributed by atoms with E-state index in [1.54, 1.807) is 0 Å². The highest BCUT2D eigenvalue weighted by molar-refractivity contribution is 5.83. The van der Waals surface area contributed by atoms with Crippen molar-refractivity contribution in [2.45, 2.75) is 65.5 Å². The molecule has 2 saturated heterocycles. The Hall–Kier alpha value is -0.570. The van der Waals surface area contributed by atoms with Crippen LogP contribution in [0.4, 0.5) is 0 Å². The standard InChI is InChI=1S/C15H28N2O/c1-11-6-9-17(12(2)10-11)14(18)13-15(3,4)7-5-8-16-13/h11-13,16H,5-10H2,1-4H3. The zero-order valence-electron chi connectivity index (χ0n) is 12.3. The molecule has 0 saturated carbocycles. The molecule has 3 atom stereocenters. The van der Waals surface area contributed by atoms with E-state index in [4.69, 9.17) is 0 Å². The summed E-state index contributed by atoms with van der Waals surface area (Å²) in [6.07, 6.45) is 4.64. The minimum Gasteiger partial charge on any atom is -0.339 e. The molecule has 0 bridgehead atoms. The number of amides is 1. The number of nitrogens with zero attached hydrogens (tertiary/aromatic N) is 1. The van der Waals surface area contributed by atoms with E-state index in [9.17, 15) is 4.79 Å². The third-order valence-corrected chi connectivity index (χ3v) is 4.80. The number of nitrogens with one attached hydrogen (secondary N) is 1. The van der Waals surface area contributed by atoms with Crippen LogP contribution >= 0.6 is 0 Å². The first kappa shape index (κ1) is 13.9. The second kappa shape index (κ2) is 5.20. The molecule has 0 spiro atoms. The lowest BCUT2D eigenvalue weighted by Gasteiger charge is -2.44. The van der Waals surface area contributed by atoms with Gasteiger partial charge in [0.2, 0.25) is 5.91 Å². The summed E-state index contributed by atoms with van der Waals surface area (Å²) in [5.74, 6) is 1.09. The van der Waals surface area contributed by atoms with Crippen LogP contribution in [0.1, 0.15) is 53.4 Å². The average molecular weight is 252 g/mol. The largest absolute Gasteiger partial charge is 0.339 e. The van der Waals surface area contributed by atoms with E-state index >= 15 is 0 Å². The van der Waals surface area contributed by atoms with Gasteiger partial charge in [-0.1, -0.05) is 20.8 Å². The Morgan fingerprint density at radius 1 is 1.33 bits per heavy atom. The zero-order valence-corrected chi connectivity index (χ0v) is 12.3. The smallest absolute Gasteiger partial charge is 0.240 e. The number of rotatable bonds is 1. The maximum Gasteiger partial charge on any atom is 0.240 e. The molecule has 2 heterocycles. The maximum absolute atomic E-state index is 12.7. The lowest BCUT2D eigenvalue weighted by Crippen LogP contribution is -2.59. The van der Waals surface area contributed by atoms with Crippen molar-refractivity contribution in [2.75, 3.05) is 13.1 Å². The molecule has 3 nitrogen and oxygen atoms in total. The molecule has 0 aliphatic carbocycles. The molecule has 2 aliphatic rings. The normalized spacial score (nSPS) is 36.4. The number of carbonyl (C=O) groups excluding carboxylic acids is 1. The minimum absolute atomic E-state index is 0.0158. The van der Waals surface area contributed by atoms with E-state index < -0.39 is 0 Å². The fourth-order valence-electron chi connectivity index (χ4n) is 3.53. The summed E-state index contributed by atoms with van der Waals surface area (Å²) in [6.45, 7) is 10.9. The van der Waals surface area contributed by atoms with Crippen molar-refractivity contribution in [1.82, 2.24) is 10.2 Å². The van der Waals surface area contributed by atoms with Gasteiger partial charge in [0.25, 0.3) is 0 Å². The molecule has 3 heteroatoms. The highest BCUT2D eigenvalue weighted by Crippen LogP contribution is 2.33. The summed E-state index contributed by atoms with van der Waals surface area (Å²) in [7, 11) is 0. The summed E-state index contributed by atoms with van der Waals surface area (Å²) in [6, 6.07) is 0.419. The van der Waals surface area contributed by atoms with Gasteiger partial charge in [-0.25, -0.2) is 0 Å². The molecule has 1 N–H and O–H groups in total. The Morgan fingerprint density at radius 3 is 2.67 bits per heavy atom. The van der Waals surface area contributed by atoms with Gasteiger partial charge in [-0.15, -0.1) is 0 Å². The second-order valence-electron chi connectivity index (χ2n) is 6.99. The zero-order chi connectivity index (χ0) is 13.3. The first-order valence-electron chi connectivity index (χ1n) is 7.45. The van der Waals surface area contributed by atoms with E-state index in [-0.39, 0.29) is 11.5 Å². The Kier molecular flexibility index (Phi) is 4.00. The van der Waals surface area contributed by atoms with E-state index in [1.165, 1.54) is 6.42 Å². The highest BCUT2D eigenvalue weighted by Gasteiger charge is 2.41. The summed E-state index contributed by atoms with van der Waals surface area (Å²) in [4.78, 5) is 14.9. The number of likely N-dealkylation sites (tertiary alicyclic amines) is 1. The fraction of sp³-hybridized carbons (Fsp3) is 0.933. The van der Waals surface area contributed by atoms with Crippen molar-refractivity contribution in [2.24, 2.45) is 11.3 Å².